The van der Waals surface area contributed by atoms with Crippen molar-refractivity contribution in [2.45, 2.75) is 70.3 Å². The Morgan fingerprint density at radius 3 is 2.30 bits per heavy atom. The van der Waals surface area contributed by atoms with Gasteiger partial charge < -0.3 is 10.1 Å². The zero-order chi connectivity index (χ0) is 23.4. The molecule has 0 spiro atoms. The van der Waals surface area contributed by atoms with E-state index in [1.54, 1.807) is 0 Å². The molecule has 5 nitrogen and oxygen atoms in total. The predicted octanol–water partition coefficient (Wildman–Crippen LogP) is 5.32. The Bertz CT molecular complexity index is 1010. The zero-order valence-corrected chi connectivity index (χ0v) is 20.6. The van der Waals surface area contributed by atoms with Crippen LogP contribution in [-0.2, 0) is 17.0 Å². The van der Waals surface area contributed by atoms with Crippen LogP contribution in [0.1, 0.15) is 74.5 Å². The van der Waals surface area contributed by atoms with Crippen molar-refractivity contribution in [3.05, 3.63) is 89.2 Å². The number of benzene rings is 2. The van der Waals surface area contributed by atoms with Gasteiger partial charge in [-0.3, -0.25) is 10.00 Å². The maximum atomic E-state index is 6.27. The molecule has 1 aliphatic heterocycles. The summed E-state index contributed by atoms with van der Waals surface area (Å²) in [7, 11) is 1.81. The number of hydrogen-bond donors (Lipinski definition) is 2. The summed E-state index contributed by atoms with van der Waals surface area (Å²) in [4.78, 5) is 0. The quantitative estimate of drug-likeness (QED) is 0.492. The van der Waals surface area contributed by atoms with Gasteiger partial charge in [-0.05, 0) is 29.9 Å². The Kier molecular flexibility index (Phi) is 7.32. The topological polar surface area (TPSA) is 51.1 Å². The molecule has 0 bridgehead atoms. The van der Waals surface area contributed by atoms with Crippen molar-refractivity contribution < 1.29 is 4.74 Å². The SMILES string of the molecule is COC1(c2ccccc2)NCC(n2nc(C(C)C)cc2C(C)C)CC1NCc1ccccc1. The summed E-state index contributed by atoms with van der Waals surface area (Å²) in [5.74, 6) is 0.832. The summed E-state index contributed by atoms with van der Waals surface area (Å²) >= 11 is 0. The van der Waals surface area contributed by atoms with E-state index in [0.717, 1.165) is 25.1 Å². The predicted molar refractivity (Wildman–Crippen MR) is 134 cm³/mol. The Morgan fingerprint density at radius 1 is 1.03 bits per heavy atom. The molecule has 5 heteroatoms. The first-order chi connectivity index (χ1) is 15.9. The smallest absolute Gasteiger partial charge is 0.160 e. The van der Waals surface area contributed by atoms with Gasteiger partial charge >= 0.3 is 0 Å². The van der Waals surface area contributed by atoms with Crippen molar-refractivity contribution >= 4 is 0 Å². The van der Waals surface area contributed by atoms with E-state index in [4.69, 9.17) is 9.84 Å². The van der Waals surface area contributed by atoms with Crippen LogP contribution in [0.5, 0.6) is 0 Å². The van der Waals surface area contributed by atoms with Crippen molar-refractivity contribution in [2.75, 3.05) is 13.7 Å². The van der Waals surface area contributed by atoms with Crippen molar-refractivity contribution in [3.8, 4) is 0 Å². The van der Waals surface area contributed by atoms with Crippen LogP contribution in [0, 0.1) is 0 Å². The number of aromatic nitrogens is 2. The van der Waals surface area contributed by atoms with Gasteiger partial charge in [0.05, 0.1) is 17.8 Å². The van der Waals surface area contributed by atoms with E-state index in [1.807, 2.05) is 7.11 Å². The third kappa shape index (κ3) is 4.91. The first-order valence-electron chi connectivity index (χ1n) is 12.2. The maximum absolute atomic E-state index is 6.27. The van der Waals surface area contributed by atoms with Gasteiger partial charge in [-0.25, -0.2) is 0 Å². The molecule has 3 aromatic rings. The molecule has 1 aromatic heterocycles. The average Bonchev–Trinajstić information content (AvgIpc) is 3.30. The van der Waals surface area contributed by atoms with E-state index in [9.17, 15) is 0 Å². The van der Waals surface area contributed by atoms with Gasteiger partial charge in [-0.2, -0.15) is 5.10 Å². The fourth-order valence-electron chi connectivity index (χ4n) is 4.92. The van der Waals surface area contributed by atoms with E-state index in [-0.39, 0.29) is 12.1 Å². The van der Waals surface area contributed by atoms with Crippen molar-refractivity contribution in [3.63, 3.8) is 0 Å². The normalized spacial score (nSPS) is 23.4. The molecule has 0 amide bonds. The highest BCUT2D eigenvalue weighted by Crippen LogP contribution is 2.37. The molecule has 1 fully saturated rings. The highest BCUT2D eigenvalue weighted by Gasteiger charge is 2.46. The molecule has 3 atom stereocenters. The number of piperidine rings is 1. The van der Waals surface area contributed by atoms with E-state index in [0.29, 0.717) is 11.8 Å². The number of hydrogen-bond acceptors (Lipinski definition) is 4. The van der Waals surface area contributed by atoms with Gasteiger partial charge in [0, 0.05) is 31.5 Å². The molecular formula is C28H38N4O. The molecule has 33 heavy (non-hydrogen) atoms. The first-order valence-corrected chi connectivity index (χ1v) is 12.2. The monoisotopic (exact) mass is 446 g/mol. The van der Waals surface area contributed by atoms with Gasteiger partial charge in [0.1, 0.15) is 0 Å². The van der Waals surface area contributed by atoms with Gasteiger partial charge in [-0.1, -0.05) is 88.4 Å². The molecule has 0 saturated carbocycles. The van der Waals surface area contributed by atoms with Crippen LogP contribution < -0.4 is 10.6 Å². The molecule has 1 aliphatic rings. The van der Waals surface area contributed by atoms with Gasteiger partial charge in [0.25, 0.3) is 0 Å². The number of methoxy groups -OCH3 is 1. The lowest BCUT2D eigenvalue weighted by atomic mass is 9.85. The minimum absolute atomic E-state index is 0.0653. The van der Waals surface area contributed by atoms with Crippen molar-refractivity contribution in [1.29, 1.82) is 0 Å². The van der Waals surface area contributed by atoms with Crippen LogP contribution in [-0.4, -0.2) is 29.5 Å². The van der Waals surface area contributed by atoms with E-state index in [2.05, 4.69) is 110 Å². The summed E-state index contributed by atoms with van der Waals surface area (Å²) in [5, 5.41) is 12.7. The number of rotatable bonds is 8. The minimum atomic E-state index is -0.599. The van der Waals surface area contributed by atoms with Gasteiger partial charge in [0.2, 0.25) is 0 Å². The summed E-state index contributed by atoms with van der Waals surface area (Å²) in [6.07, 6.45) is 0.918. The zero-order valence-electron chi connectivity index (χ0n) is 20.6. The second-order valence-corrected chi connectivity index (χ2v) is 9.74. The lowest BCUT2D eigenvalue weighted by Crippen LogP contribution is -2.63. The Morgan fingerprint density at radius 2 is 1.70 bits per heavy atom. The summed E-state index contributed by atoms with van der Waals surface area (Å²) < 4.78 is 8.54. The van der Waals surface area contributed by atoms with Gasteiger partial charge in [-0.15, -0.1) is 0 Å². The first kappa shape index (κ1) is 23.7. The number of nitrogens with zero attached hydrogens (tertiary/aromatic N) is 2. The van der Waals surface area contributed by atoms with Crippen molar-refractivity contribution in [2.24, 2.45) is 0 Å². The fraction of sp³-hybridized carbons (Fsp3) is 0.464. The van der Waals surface area contributed by atoms with Crippen LogP contribution in [0.2, 0.25) is 0 Å². The standard InChI is InChI=1S/C28H38N4O/c1-20(2)25-17-26(21(3)4)32(31-25)24-16-27(29-18-22-12-8-6-9-13-22)28(33-5,30-19-24)23-14-10-7-11-15-23/h6-15,17,20-21,24,27,29-30H,16,18-19H2,1-5H3. The average molecular weight is 447 g/mol. The highest BCUT2D eigenvalue weighted by atomic mass is 16.5. The summed E-state index contributed by atoms with van der Waals surface area (Å²) in [5.41, 5.74) is 4.28. The molecule has 2 heterocycles. The van der Waals surface area contributed by atoms with E-state index >= 15 is 0 Å². The second kappa shape index (κ2) is 10.2. The molecule has 4 rings (SSSR count). The Hall–Kier alpha value is -2.47. The summed E-state index contributed by atoms with van der Waals surface area (Å²) in [6, 6.07) is 23.7. The number of nitrogens with one attached hydrogen (secondary N) is 2. The second-order valence-electron chi connectivity index (χ2n) is 9.74. The van der Waals surface area contributed by atoms with Crippen LogP contribution >= 0.6 is 0 Å². The molecular weight excluding hydrogens is 408 g/mol. The lowest BCUT2D eigenvalue weighted by Gasteiger charge is -2.47. The number of ether oxygens (including phenoxy) is 1. The van der Waals surface area contributed by atoms with Crippen molar-refractivity contribution in [1.82, 2.24) is 20.4 Å². The van der Waals surface area contributed by atoms with Crippen LogP contribution in [0.3, 0.4) is 0 Å². The fourth-order valence-corrected chi connectivity index (χ4v) is 4.92. The Balaban J connectivity index is 1.67. The van der Waals surface area contributed by atoms with E-state index in [1.165, 1.54) is 17.0 Å². The molecule has 0 aliphatic carbocycles. The minimum Gasteiger partial charge on any atom is -0.358 e. The van der Waals surface area contributed by atoms with E-state index < -0.39 is 5.72 Å². The molecule has 176 valence electrons. The largest absolute Gasteiger partial charge is 0.358 e. The Labute approximate surface area is 198 Å². The molecule has 1 saturated heterocycles. The van der Waals surface area contributed by atoms with Gasteiger partial charge in [0.15, 0.2) is 5.72 Å². The molecule has 3 unspecified atom stereocenters. The lowest BCUT2D eigenvalue weighted by molar-refractivity contribution is -0.0990. The van der Waals surface area contributed by atoms with Crippen LogP contribution in [0.25, 0.3) is 0 Å². The highest BCUT2D eigenvalue weighted by molar-refractivity contribution is 5.27. The molecule has 0 radical (unpaired) electrons. The van der Waals surface area contributed by atoms with Crippen LogP contribution in [0.4, 0.5) is 0 Å². The third-order valence-corrected chi connectivity index (χ3v) is 6.83. The molecule has 2 aromatic carbocycles. The summed E-state index contributed by atoms with van der Waals surface area (Å²) in [6.45, 7) is 10.5. The third-order valence-electron chi connectivity index (χ3n) is 6.83. The molecule has 2 N–H and O–H groups in total. The maximum Gasteiger partial charge on any atom is 0.160 e. The van der Waals surface area contributed by atoms with Crippen LogP contribution in [0.15, 0.2) is 66.7 Å².